The minimum atomic E-state index is 0.693. The zero-order valence-electron chi connectivity index (χ0n) is 14.5. The van der Waals surface area contributed by atoms with Gasteiger partial charge in [-0.05, 0) is 35.2 Å². The molecule has 0 saturated carbocycles. The number of unbranched alkanes of at least 4 members (excludes halogenated alkanes) is 2. The number of benzene rings is 3. The third-order valence-corrected chi connectivity index (χ3v) is 4.66. The summed E-state index contributed by atoms with van der Waals surface area (Å²) >= 11 is 0. The number of para-hydroxylation sites is 1. The molecule has 0 amide bonds. The lowest BCUT2D eigenvalue weighted by molar-refractivity contribution is 0.598. The lowest BCUT2D eigenvalue weighted by atomic mass is 10.0. The van der Waals surface area contributed by atoms with Gasteiger partial charge in [-0.3, -0.25) is 0 Å². The van der Waals surface area contributed by atoms with Gasteiger partial charge in [-0.25, -0.2) is 0 Å². The van der Waals surface area contributed by atoms with Gasteiger partial charge in [-0.15, -0.1) is 0 Å². The average molecular weight is 317 g/mol. The summed E-state index contributed by atoms with van der Waals surface area (Å²) < 4.78 is 0. The van der Waals surface area contributed by atoms with Crippen molar-refractivity contribution in [3.63, 3.8) is 0 Å². The largest absolute Gasteiger partial charge is 0.382 e. The molecule has 4 rings (SSSR count). The van der Waals surface area contributed by atoms with Crippen LogP contribution in [0.25, 0.3) is 10.8 Å². The molecule has 0 fully saturated rings. The summed E-state index contributed by atoms with van der Waals surface area (Å²) in [5.41, 5.74) is 2.85. The van der Waals surface area contributed by atoms with Crippen molar-refractivity contribution >= 4 is 16.5 Å². The number of rotatable bonds is 4. The Morgan fingerprint density at radius 1 is 0.792 bits per heavy atom. The topological polar surface area (TPSA) is 12.0 Å². The van der Waals surface area contributed by atoms with Crippen LogP contribution in [0, 0.1) is 0 Å². The van der Waals surface area contributed by atoms with E-state index in [1.807, 2.05) is 0 Å². The first kappa shape index (κ1) is 16.6. The molecule has 124 valence electrons. The highest BCUT2D eigenvalue weighted by Gasteiger charge is 2.18. The van der Waals surface area contributed by atoms with Crippen LogP contribution in [0.1, 0.15) is 38.2 Å². The molecule has 1 atom stereocenters. The molecule has 3 aromatic carbocycles. The van der Waals surface area contributed by atoms with Crippen molar-refractivity contribution < 1.29 is 0 Å². The molecule has 0 aliphatic carbocycles. The molecule has 1 N–H and O–H groups in total. The highest BCUT2D eigenvalue weighted by Crippen LogP contribution is 2.27. The van der Waals surface area contributed by atoms with Gasteiger partial charge in [0.15, 0.2) is 0 Å². The Hall–Kier alpha value is -2.28. The highest BCUT2D eigenvalue weighted by atomic mass is 14.9. The Labute approximate surface area is 145 Å². The summed E-state index contributed by atoms with van der Waals surface area (Å²) in [4.78, 5) is 0. The van der Waals surface area contributed by atoms with Gasteiger partial charge in [-0.1, -0.05) is 92.9 Å². The minimum Gasteiger partial charge on any atom is -0.382 e. The van der Waals surface area contributed by atoms with E-state index in [4.69, 9.17) is 0 Å². The van der Waals surface area contributed by atoms with Crippen LogP contribution in [0.15, 0.2) is 72.8 Å². The first-order valence-corrected chi connectivity index (χ1v) is 9.15. The van der Waals surface area contributed by atoms with Gasteiger partial charge in [0, 0.05) is 11.7 Å². The second-order valence-electron chi connectivity index (χ2n) is 6.55. The molecule has 1 aliphatic heterocycles. The van der Waals surface area contributed by atoms with Crippen LogP contribution >= 0.6 is 0 Å². The van der Waals surface area contributed by atoms with Gasteiger partial charge >= 0.3 is 0 Å². The third-order valence-electron chi connectivity index (χ3n) is 4.66. The molecule has 1 heteroatoms. The van der Waals surface area contributed by atoms with Crippen molar-refractivity contribution in [3.05, 3.63) is 78.4 Å². The fourth-order valence-electron chi connectivity index (χ4n) is 3.32. The molecule has 1 aliphatic rings. The molecule has 1 unspecified atom stereocenters. The molecule has 1 nitrogen and oxygen atoms in total. The van der Waals surface area contributed by atoms with Gasteiger partial charge in [-0.2, -0.15) is 0 Å². The van der Waals surface area contributed by atoms with Crippen molar-refractivity contribution in [2.75, 3.05) is 5.32 Å². The number of hydrogen-bond acceptors (Lipinski definition) is 1. The van der Waals surface area contributed by atoms with Crippen LogP contribution in [0.3, 0.4) is 0 Å². The van der Waals surface area contributed by atoms with Gasteiger partial charge in [0.25, 0.3) is 0 Å². The number of nitrogens with one attached hydrogen (secondary N) is 1. The number of fused-ring (bicyclic) bond motifs is 2. The quantitative estimate of drug-likeness (QED) is 0.546. The van der Waals surface area contributed by atoms with E-state index < -0.39 is 0 Å². The maximum Gasteiger partial charge on any atom is 0.0375 e. The van der Waals surface area contributed by atoms with Crippen molar-refractivity contribution in [3.8, 4) is 0 Å². The smallest absolute Gasteiger partial charge is 0.0375 e. The zero-order valence-corrected chi connectivity index (χ0v) is 14.5. The van der Waals surface area contributed by atoms with Gasteiger partial charge in [0.05, 0.1) is 0 Å². The number of hydrogen-bond donors (Lipinski definition) is 1. The fraction of sp³-hybridized carbons (Fsp3) is 0.304. The summed E-state index contributed by atoms with van der Waals surface area (Å²) in [5.74, 6) is 0. The van der Waals surface area contributed by atoms with Gasteiger partial charge in [0.1, 0.15) is 0 Å². The van der Waals surface area contributed by atoms with Crippen molar-refractivity contribution in [2.24, 2.45) is 0 Å². The van der Waals surface area contributed by atoms with E-state index in [-0.39, 0.29) is 0 Å². The summed E-state index contributed by atoms with van der Waals surface area (Å²) in [6, 6.07) is 26.1. The van der Waals surface area contributed by atoms with E-state index in [1.165, 1.54) is 54.1 Å². The Morgan fingerprint density at radius 3 is 1.96 bits per heavy atom. The Balaban J connectivity index is 0.000000149. The Morgan fingerprint density at radius 2 is 1.38 bits per heavy atom. The fourth-order valence-corrected chi connectivity index (χ4v) is 3.32. The summed E-state index contributed by atoms with van der Waals surface area (Å²) in [7, 11) is 0. The standard InChI is InChI=1S/C13H19N.C10H8/c1-2-3-4-8-12-10-11-7-5-6-9-13(11)14-12;1-2-6-10-8-4-3-7-9(10)5-1/h5-7,9,12,14H,2-4,8,10H2,1H3;1-8H. The molecule has 0 spiro atoms. The number of anilines is 1. The normalized spacial score (nSPS) is 15.3. The molecule has 3 aromatic rings. The third kappa shape index (κ3) is 4.38. The molecule has 0 radical (unpaired) electrons. The molecular weight excluding hydrogens is 290 g/mol. The van der Waals surface area contributed by atoms with Crippen LogP contribution in [0.4, 0.5) is 5.69 Å². The summed E-state index contributed by atoms with van der Waals surface area (Å²) in [6.07, 6.45) is 6.60. The Bertz CT molecular complexity index is 672. The second kappa shape index (κ2) is 8.54. The summed E-state index contributed by atoms with van der Waals surface area (Å²) in [5, 5.41) is 6.21. The van der Waals surface area contributed by atoms with E-state index >= 15 is 0 Å². The average Bonchev–Trinajstić information content (AvgIpc) is 3.05. The molecule has 1 heterocycles. The lowest BCUT2D eigenvalue weighted by Gasteiger charge is -2.09. The monoisotopic (exact) mass is 317 g/mol. The van der Waals surface area contributed by atoms with E-state index in [1.54, 1.807) is 0 Å². The van der Waals surface area contributed by atoms with Gasteiger partial charge < -0.3 is 5.32 Å². The molecule has 0 aromatic heterocycles. The maximum absolute atomic E-state index is 3.59. The van der Waals surface area contributed by atoms with Crippen LogP contribution in [0.5, 0.6) is 0 Å². The first-order valence-electron chi connectivity index (χ1n) is 9.15. The van der Waals surface area contributed by atoms with E-state index in [0.717, 1.165) is 0 Å². The molecule has 0 bridgehead atoms. The Kier molecular flexibility index (Phi) is 5.90. The van der Waals surface area contributed by atoms with Crippen molar-refractivity contribution in [2.45, 2.75) is 45.1 Å². The van der Waals surface area contributed by atoms with E-state index in [9.17, 15) is 0 Å². The van der Waals surface area contributed by atoms with Crippen LogP contribution in [-0.4, -0.2) is 6.04 Å². The maximum atomic E-state index is 3.59. The molecular formula is C23H27N. The van der Waals surface area contributed by atoms with Gasteiger partial charge in [0.2, 0.25) is 0 Å². The van der Waals surface area contributed by atoms with E-state index in [0.29, 0.717) is 6.04 Å². The van der Waals surface area contributed by atoms with Crippen LogP contribution in [-0.2, 0) is 6.42 Å². The van der Waals surface area contributed by atoms with Crippen molar-refractivity contribution in [1.29, 1.82) is 0 Å². The predicted molar refractivity (Wildman–Crippen MR) is 106 cm³/mol. The SMILES string of the molecule is CCCCCC1Cc2ccccc2N1.c1ccc2ccccc2c1. The van der Waals surface area contributed by atoms with Crippen LogP contribution in [0.2, 0.25) is 0 Å². The first-order chi connectivity index (χ1) is 11.9. The van der Waals surface area contributed by atoms with E-state index in [2.05, 4.69) is 85.0 Å². The minimum absolute atomic E-state index is 0.693. The second-order valence-corrected chi connectivity index (χ2v) is 6.55. The molecule has 24 heavy (non-hydrogen) atoms. The summed E-state index contributed by atoms with van der Waals surface area (Å²) in [6.45, 7) is 2.26. The zero-order chi connectivity index (χ0) is 16.6. The van der Waals surface area contributed by atoms with Crippen LogP contribution < -0.4 is 5.32 Å². The lowest BCUT2D eigenvalue weighted by Crippen LogP contribution is -2.14. The van der Waals surface area contributed by atoms with Crippen molar-refractivity contribution in [1.82, 2.24) is 0 Å². The highest BCUT2D eigenvalue weighted by molar-refractivity contribution is 5.82. The molecule has 0 saturated heterocycles. The predicted octanol–water partition coefficient (Wildman–Crippen LogP) is 6.44.